The Kier molecular flexibility index (Phi) is 5.59. The molecule has 4 heteroatoms. The normalized spacial score (nSPS) is 19.9. The molecule has 1 aliphatic heterocycles. The van der Waals surface area contributed by atoms with Crippen LogP contribution in [0.3, 0.4) is 0 Å². The molecule has 0 saturated carbocycles. The van der Waals surface area contributed by atoms with Crippen molar-refractivity contribution in [3.8, 4) is 5.75 Å². The molecule has 2 rings (SSSR count). The fourth-order valence-corrected chi connectivity index (χ4v) is 2.86. The molecule has 0 aliphatic carbocycles. The molecular weight excluding hydrogens is 269 g/mol. The van der Waals surface area contributed by atoms with E-state index in [1.807, 2.05) is 0 Å². The van der Waals surface area contributed by atoms with Gasteiger partial charge in [-0.25, -0.2) is 4.39 Å². The molecule has 0 saturated heterocycles. The van der Waals surface area contributed by atoms with Gasteiger partial charge in [-0.1, -0.05) is 13.8 Å². The van der Waals surface area contributed by atoms with Crippen LogP contribution in [0.4, 0.5) is 4.39 Å². The minimum absolute atomic E-state index is 0.149. The van der Waals surface area contributed by atoms with Crippen LogP contribution in [0.5, 0.6) is 5.75 Å². The van der Waals surface area contributed by atoms with E-state index in [0.29, 0.717) is 0 Å². The average Bonchev–Trinajstić information content (AvgIpc) is 2.84. The summed E-state index contributed by atoms with van der Waals surface area (Å²) < 4.78 is 24.3. The maximum absolute atomic E-state index is 13.3. The maximum Gasteiger partial charge on any atom is 0.123 e. The van der Waals surface area contributed by atoms with E-state index in [1.165, 1.54) is 6.07 Å². The van der Waals surface area contributed by atoms with Crippen molar-refractivity contribution in [3.63, 3.8) is 0 Å². The van der Waals surface area contributed by atoms with Crippen LogP contribution in [0.15, 0.2) is 18.2 Å². The van der Waals surface area contributed by atoms with E-state index in [9.17, 15) is 4.39 Å². The predicted octanol–water partition coefficient (Wildman–Crippen LogP) is 3.17. The molecule has 1 aromatic rings. The quantitative estimate of drug-likeness (QED) is 0.747. The van der Waals surface area contributed by atoms with Gasteiger partial charge in [0.25, 0.3) is 0 Å². The van der Waals surface area contributed by atoms with Gasteiger partial charge >= 0.3 is 0 Å². The van der Waals surface area contributed by atoms with E-state index in [0.717, 1.165) is 50.3 Å². The first kappa shape index (κ1) is 16.2. The molecule has 3 nitrogen and oxygen atoms in total. The first-order chi connectivity index (χ1) is 10.1. The molecule has 0 spiro atoms. The summed E-state index contributed by atoms with van der Waals surface area (Å²) in [6.07, 6.45) is 3.01. The second-order valence-electron chi connectivity index (χ2n) is 6.23. The molecule has 1 aromatic carbocycles. The van der Waals surface area contributed by atoms with E-state index >= 15 is 0 Å². The molecule has 0 radical (unpaired) electrons. The van der Waals surface area contributed by atoms with Crippen molar-refractivity contribution < 1.29 is 13.9 Å². The molecule has 118 valence electrons. The Hall–Kier alpha value is -1.13. The Balaban J connectivity index is 1.88. The number of benzene rings is 1. The average molecular weight is 295 g/mol. The van der Waals surface area contributed by atoms with Gasteiger partial charge in [0.15, 0.2) is 0 Å². The molecule has 2 unspecified atom stereocenters. The Morgan fingerprint density at radius 1 is 1.48 bits per heavy atom. The molecule has 0 aromatic heterocycles. The zero-order chi connectivity index (χ0) is 15.3. The smallest absolute Gasteiger partial charge is 0.123 e. The van der Waals surface area contributed by atoms with Crippen LogP contribution in [0, 0.1) is 11.2 Å². The van der Waals surface area contributed by atoms with E-state index in [1.54, 1.807) is 19.2 Å². The number of nitrogens with one attached hydrogen (secondary N) is 1. The predicted molar refractivity (Wildman–Crippen MR) is 82.3 cm³/mol. The molecular formula is C17H26FNO2. The largest absolute Gasteiger partial charge is 0.490 e. The van der Waals surface area contributed by atoms with Gasteiger partial charge < -0.3 is 14.8 Å². The summed E-state index contributed by atoms with van der Waals surface area (Å²) in [4.78, 5) is 0. The Bertz CT molecular complexity index is 466. The highest BCUT2D eigenvalue weighted by atomic mass is 19.1. The SMILES string of the molecule is CCC(C)(CNCCOC)CC1Cc2cc(F)ccc2O1. The fraction of sp³-hybridized carbons (Fsp3) is 0.647. The van der Waals surface area contributed by atoms with Crippen molar-refractivity contribution in [1.29, 1.82) is 0 Å². The second-order valence-corrected chi connectivity index (χ2v) is 6.23. The summed E-state index contributed by atoms with van der Waals surface area (Å²) in [6, 6.07) is 4.80. The van der Waals surface area contributed by atoms with Gasteiger partial charge in [-0.3, -0.25) is 0 Å². The highest BCUT2D eigenvalue weighted by Crippen LogP contribution is 2.36. The number of fused-ring (bicyclic) bond motifs is 1. The van der Waals surface area contributed by atoms with Gasteiger partial charge in [0, 0.05) is 32.2 Å². The third kappa shape index (κ3) is 4.42. The first-order valence-electron chi connectivity index (χ1n) is 7.71. The topological polar surface area (TPSA) is 30.5 Å². The van der Waals surface area contributed by atoms with Crippen LogP contribution in [0.25, 0.3) is 0 Å². The van der Waals surface area contributed by atoms with Crippen molar-refractivity contribution in [3.05, 3.63) is 29.6 Å². The van der Waals surface area contributed by atoms with Gasteiger partial charge in [-0.15, -0.1) is 0 Å². The van der Waals surface area contributed by atoms with Crippen LogP contribution < -0.4 is 10.1 Å². The van der Waals surface area contributed by atoms with Crippen LogP contribution in [0.1, 0.15) is 32.3 Å². The molecule has 2 atom stereocenters. The fourth-order valence-electron chi connectivity index (χ4n) is 2.86. The summed E-state index contributed by atoms with van der Waals surface area (Å²) in [5, 5.41) is 3.44. The lowest BCUT2D eigenvalue weighted by Crippen LogP contribution is -2.36. The molecule has 21 heavy (non-hydrogen) atoms. The highest BCUT2D eigenvalue weighted by Gasteiger charge is 2.31. The minimum atomic E-state index is -0.183. The van der Waals surface area contributed by atoms with Crippen LogP contribution in [0.2, 0.25) is 0 Å². The Morgan fingerprint density at radius 2 is 2.29 bits per heavy atom. The summed E-state index contributed by atoms with van der Waals surface area (Å²) in [7, 11) is 1.71. The summed E-state index contributed by atoms with van der Waals surface area (Å²) in [5.74, 6) is 0.657. The maximum atomic E-state index is 13.3. The van der Waals surface area contributed by atoms with Crippen molar-refractivity contribution in [2.45, 2.75) is 39.2 Å². The van der Waals surface area contributed by atoms with Gasteiger partial charge in [0.05, 0.1) is 6.61 Å². The van der Waals surface area contributed by atoms with Gasteiger partial charge in [-0.05, 0) is 36.5 Å². The first-order valence-corrected chi connectivity index (χ1v) is 7.71. The molecule has 0 amide bonds. The second kappa shape index (κ2) is 7.23. The number of rotatable bonds is 8. The Morgan fingerprint density at radius 3 is 3.00 bits per heavy atom. The van der Waals surface area contributed by atoms with Crippen molar-refractivity contribution in [2.75, 3.05) is 26.8 Å². The third-order valence-electron chi connectivity index (χ3n) is 4.37. The van der Waals surface area contributed by atoms with Crippen LogP contribution in [-0.4, -0.2) is 32.9 Å². The lowest BCUT2D eigenvalue weighted by Gasteiger charge is -2.31. The number of ether oxygens (including phenoxy) is 2. The van der Waals surface area contributed by atoms with E-state index < -0.39 is 0 Å². The van der Waals surface area contributed by atoms with Gasteiger partial charge in [0.1, 0.15) is 17.7 Å². The van der Waals surface area contributed by atoms with Crippen LogP contribution >= 0.6 is 0 Å². The van der Waals surface area contributed by atoms with E-state index in [-0.39, 0.29) is 17.3 Å². The van der Waals surface area contributed by atoms with Crippen LogP contribution in [-0.2, 0) is 11.2 Å². The Labute approximate surface area is 126 Å². The number of hydrogen-bond acceptors (Lipinski definition) is 3. The third-order valence-corrected chi connectivity index (χ3v) is 4.37. The van der Waals surface area contributed by atoms with E-state index in [4.69, 9.17) is 9.47 Å². The summed E-state index contributed by atoms with van der Waals surface area (Å²) in [6.45, 7) is 7.02. The summed E-state index contributed by atoms with van der Waals surface area (Å²) >= 11 is 0. The number of hydrogen-bond donors (Lipinski definition) is 1. The molecule has 1 heterocycles. The van der Waals surface area contributed by atoms with Crippen molar-refractivity contribution in [1.82, 2.24) is 5.32 Å². The van der Waals surface area contributed by atoms with Gasteiger partial charge in [-0.2, -0.15) is 0 Å². The zero-order valence-electron chi connectivity index (χ0n) is 13.2. The summed E-state index contributed by atoms with van der Waals surface area (Å²) in [5.41, 5.74) is 1.17. The number of halogens is 1. The molecule has 0 fully saturated rings. The highest BCUT2D eigenvalue weighted by molar-refractivity contribution is 5.37. The lowest BCUT2D eigenvalue weighted by molar-refractivity contribution is 0.135. The number of methoxy groups -OCH3 is 1. The zero-order valence-corrected chi connectivity index (χ0v) is 13.2. The van der Waals surface area contributed by atoms with Crippen molar-refractivity contribution in [2.24, 2.45) is 5.41 Å². The standard InChI is InChI=1S/C17H26FNO2/c1-4-17(2,12-19-7-8-20-3)11-15-10-13-9-14(18)5-6-16(13)21-15/h5-6,9,15,19H,4,7-8,10-12H2,1-3H3. The van der Waals surface area contributed by atoms with Crippen molar-refractivity contribution >= 4 is 0 Å². The molecule has 1 N–H and O–H groups in total. The van der Waals surface area contributed by atoms with Gasteiger partial charge in [0.2, 0.25) is 0 Å². The lowest BCUT2D eigenvalue weighted by atomic mass is 9.81. The van der Waals surface area contributed by atoms with E-state index in [2.05, 4.69) is 19.2 Å². The molecule has 1 aliphatic rings. The monoisotopic (exact) mass is 295 g/mol. The minimum Gasteiger partial charge on any atom is -0.490 e. The molecule has 0 bridgehead atoms.